The summed E-state index contributed by atoms with van der Waals surface area (Å²) in [5.41, 5.74) is 3.17. The summed E-state index contributed by atoms with van der Waals surface area (Å²) in [4.78, 5) is 8.46. The van der Waals surface area contributed by atoms with Gasteiger partial charge >= 0.3 is 0 Å². The first-order valence-corrected chi connectivity index (χ1v) is 6.88. The van der Waals surface area contributed by atoms with Gasteiger partial charge in [-0.05, 0) is 45.1 Å². The molecular formula is C15H17BrN2O. The predicted molar refractivity (Wildman–Crippen MR) is 80.4 cm³/mol. The lowest BCUT2D eigenvalue weighted by Crippen LogP contribution is -2.11. The molecule has 3 nitrogen and oxygen atoms in total. The fourth-order valence-corrected chi connectivity index (χ4v) is 2.17. The average Bonchev–Trinajstić information content (AvgIpc) is 2.37. The monoisotopic (exact) mass is 320 g/mol. The molecule has 0 saturated carbocycles. The molecule has 0 fully saturated rings. The maximum Gasteiger partial charge on any atom is 0.197 e. The third kappa shape index (κ3) is 3.13. The number of methoxy groups -OCH3 is 1. The lowest BCUT2D eigenvalue weighted by Gasteiger charge is -2.21. The van der Waals surface area contributed by atoms with E-state index in [2.05, 4.69) is 58.8 Å². The van der Waals surface area contributed by atoms with Crippen LogP contribution in [0.15, 0.2) is 35.2 Å². The summed E-state index contributed by atoms with van der Waals surface area (Å²) in [6.07, 6.45) is 1.73. The van der Waals surface area contributed by atoms with Gasteiger partial charge in [-0.25, -0.2) is 9.97 Å². The molecule has 0 aliphatic heterocycles. The highest BCUT2D eigenvalue weighted by Gasteiger charge is 2.17. The highest BCUT2D eigenvalue weighted by molar-refractivity contribution is 9.10. The molecule has 0 N–H and O–H groups in total. The van der Waals surface area contributed by atoms with Gasteiger partial charge in [0.15, 0.2) is 4.73 Å². The van der Waals surface area contributed by atoms with Gasteiger partial charge in [0.05, 0.1) is 12.8 Å². The summed E-state index contributed by atoms with van der Waals surface area (Å²) >= 11 is 3.30. The van der Waals surface area contributed by atoms with Crippen molar-refractivity contribution in [3.8, 4) is 17.0 Å². The molecule has 0 bridgehead atoms. The number of rotatable bonds is 2. The summed E-state index contributed by atoms with van der Waals surface area (Å²) in [6.45, 7) is 6.57. The van der Waals surface area contributed by atoms with E-state index in [0.29, 0.717) is 4.73 Å². The van der Waals surface area contributed by atoms with Crippen molar-refractivity contribution in [2.75, 3.05) is 7.11 Å². The van der Waals surface area contributed by atoms with Gasteiger partial charge in [-0.2, -0.15) is 0 Å². The smallest absolute Gasteiger partial charge is 0.197 e. The molecule has 2 aromatic rings. The Morgan fingerprint density at radius 2 is 1.89 bits per heavy atom. The molecule has 0 saturated heterocycles. The molecular weight excluding hydrogens is 304 g/mol. The highest BCUT2D eigenvalue weighted by atomic mass is 79.9. The van der Waals surface area contributed by atoms with Crippen LogP contribution in [-0.4, -0.2) is 17.1 Å². The van der Waals surface area contributed by atoms with Crippen LogP contribution in [0.2, 0.25) is 0 Å². The number of ether oxygens (including phenoxy) is 1. The topological polar surface area (TPSA) is 35.0 Å². The second-order valence-electron chi connectivity index (χ2n) is 5.38. The second-order valence-corrected chi connectivity index (χ2v) is 6.09. The van der Waals surface area contributed by atoms with Crippen LogP contribution in [0.3, 0.4) is 0 Å². The van der Waals surface area contributed by atoms with Crippen molar-refractivity contribution in [2.24, 2.45) is 0 Å². The van der Waals surface area contributed by atoms with E-state index in [0.717, 1.165) is 17.0 Å². The van der Waals surface area contributed by atoms with Crippen LogP contribution >= 0.6 is 15.9 Å². The van der Waals surface area contributed by atoms with Gasteiger partial charge in [0.25, 0.3) is 0 Å². The molecule has 0 spiro atoms. The predicted octanol–water partition coefficient (Wildman–Crippen LogP) is 4.21. The molecule has 0 radical (unpaired) electrons. The fraction of sp³-hybridized carbons (Fsp3) is 0.333. The van der Waals surface area contributed by atoms with Gasteiger partial charge in [0, 0.05) is 11.8 Å². The first-order valence-electron chi connectivity index (χ1n) is 6.09. The van der Waals surface area contributed by atoms with Crippen LogP contribution in [0.25, 0.3) is 11.3 Å². The van der Waals surface area contributed by atoms with Crippen molar-refractivity contribution in [3.05, 3.63) is 40.8 Å². The van der Waals surface area contributed by atoms with Gasteiger partial charge in [-0.15, -0.1) is 0 Å². The van der Waals surface area contributed by atoms with Crippen LogP contribution in [0.5, 0.6) is 5.75 Å². The van der Waals surface area contributed by atoms with E-state index in [4.69, 9.17) is 4.74 Å². The summed E-state index contributed by atoms with van der Waals surface area (Å²) in [7, 11) is 1.67. The Balaban J connectivity index is 2.60. The van der Waals surface area contributed by atoms with Crippen LogP contribution in [0.4, 0.5) is 0 Å². The van der Waals surface area contributed by atoms with Crippen molar-refractivity contribution in [1.29, 1.82) is 0 Å². The molecule has 1 aromatic heterocycles. The van der Waals surface area contributed by atoms with Gasteiger partial charge in [0.1, 0.15) is 5.75 Å². The Labute approximate surface area is 122 Å². The largest absolute Gasteiger partial charge is 0.496 e. The van der Waals surface area contributed by atoms with E-state index in [1.165, 1.54) is 5.56 Å². The SMILES string of the molecule is COc1ccc(C(C)(C)C)cc1-c1ccnc(Br)n1. The molecule has 0 atom stereocenters. The first-order chi connectivity index (χ1) is 8.91. The maximum atomic E-state index is 5.43. The van der Waals surface area contributed by atoms with Crippen molar-refractivity contribution in [2.45, 2.75) is 26.2 Å². The Kier molecular flexibility index (Phi) is 3.90. The minimum Gasteiger partial charge on any atom is -0.496 e. The Hall–Kier alpha value is -1.42. The number of hydrogen-bond donors (Lipinski definition) is 0. The third-order valence-electron chi connectivity index (χ3n) is 2.97. The minimum atomic E-state index is 0.0886. The zero-order valence-electron chi connectivity index (χ0n) is 11.6. The molecule has 0 amide bonds. The maximum absolute atomic E-state index is 5.43. The number of benzene rings is 1. The number of hydrogen-bond acceptors (Lipinski definition) is 3. The lowest BCUT2D eigenvalue weighted by atomic mass is 9.85. The third-order valence-corrected chi connectivity index (χ3v) is 3.35. The number of nitrogens with zero attached hydrogens (tertiary/aromatic N) is 2. The van der Waals surface area contributed by atoms with Crippen molar-refractivity contribution < 1.29 is 4.74 Å². The number of halogens is 1. The molecule has 19 heavy (non-hydrogen) atoms. The normalized spacial score (nSPS) is 11.4. The van der Waals surface area contributed by atoms with Crippen LogP contribution < -0.4 is 4.74 Å². The molecule has 1 aromatic carbocycles. The lowest BCUT2D eigenvalue weighted by molar-refractivity contribution is 0.415. The van der Waals surface area contributed by atoms with E-state index in [9.17, 15) is 0 Å². The Morgan fingerprint density at radius 1 is 1.16 bits per heavy atom. The Bertz CT molecular complexity index is 591. The average molecular weight is 321 g/mol. The molecule has 0 aliphatic rings. The fourth-order valence-electron chi connectivity index (χ4n) is 1.86. The van der Waals surface area contributed by atoms with E-state index in [-0.39, 0.29) is 5.41 Å². The van der Waals surface area contributed by atoms with E-state index >= 15 is 0 Å². The summed E-state index contributed by atoms with van der Waals surface area (Å²) in [5.74, 6) is 0.818. The molecule has 100 valence electrons. The van der Waals surface area contributed by atoms with Gasteiger partial charge < -0.3 is 4.74 Å². The summed E-state index contributed by atoms with van der Waals surface area (Å²) < 4.78 is 6.01. The summed E-state index contributed by atoms with van der Waals surface area (Å²) in [5, 5.41) is 0. The molecule has 0 unspecified atom stereocenters. The van der Waals surface area contributed by atoms with E-state index in [1.54, 1.807) is 13.3 Å². The van der Waals surface area contributed by atoms with Crippen LogP contribution in [0.1, 0.15) is 26.3 Å². The van der Waals surface area contributed by atoms with Gasteiger partial charge in [-0.1, -0.05) is 26.8 Å². The Morgan fingerprint density at radius 3 is 2.47 bits per heavy atom. The van der Waals surface area contributed by atoms with E-state index in [1.807, 2.05) is 12.1 Å². The summed E-state index contributed by atoms with van der Waals surface area (Å²) in [6, 6.07) is 8.10. The zero-order chi connectivity index (χ0) is 14.0. The van der Waals surface area contributed by atoms with Crippen LogP contribution in [0, 0.1) is 0 Å². The van der Waals surface area contributed by atoms with Crippen LogP contribution in [-0.2, 0) is 5.41 Å². The second kappa shape index (κ2) is 5.29. The number of aromatic nitrogens is 2. The van der Waals surface area contributed by atoms with Crippen molar-refractivity contribution >= 4 is 15.9 Å². The zero-order valence-corrected chi connectivity index (χ0v) is 13.2. The first kappa shape index (κ1) is 14.0. The standard InChI is InChI=1S/C15H17BrN2O/c1-15(2,3)10-5-6-13(19-4)11(9-10)12-7-8-17-14(16)18-12/h5-9H,1-4H3. The van der Waals surface area contributed by atoms with Gasteiger partial charge in [0.2, 0.25) is 0 Å². The molecule has 0 aliphatic carbocycles. The highest BCUT2D eigenvalue weighted by Crippen LogP contribution is 2.33. The van der Waals surface area contributed by atoms with E-state index < -0.39 is 0 Å². The quantitative estimate of drug-likeness (QED) is 0.777. The van der Waals surface area contributed by atoms with Crippen molar-refractivity contribution in [3.63, 3.8) is 0 Å². The molecule has 2 rings (SSSR count). The molecule has 1 heterocycles. The van der Waals surface area contributed by atoms with Crippen molar-refractivity contribution in [1.82, 2.24) is 9.97 Å². The molecule has 4 heteroatoms. The van der Waals surface area contributed by atoms with Gasteiger partial charge in [-0.3, -0.25) is 0 Å². The minimum absolute atomic E-state index is 0.0886.